The van der Waals surface area contributed by atoms with E-state index in [0.29, 0.717) is 0 Å². The molecule has 0 aliphatic carbocycles. The van der Waals surface area contributed by atoms with Gasteiger partial charge < -0.3 is 22.4 Å². The van der Waals surface area contributed by atoms with Crippen LogP contribution in [0.1, 0.15) is 0 Å². The third kappa shape index (κ3) is 42400. The van der Waals surface area contributed by atoms with E-state index in [4.69, 9.17) is 33.6 Å². The van der Waals surface area contributed by atoms with Crippen LogP contribution in [0.3, 0.4) is 0 Å². The molecule has 0 rings (SSSR count). The van der Waals surface area contributed by atoms with Gasteiger partial charge in [-0.05, 0) is 20.9 Å². The molecular weight excluding hydrogens is 363 g/mol. The first-order valence-corrected chi connectivity index (χ1v) is 2.05. The van der Waals surface area contributed by atoms with Gasteiger partial charge in [-0.25, -0.2) is 0 Å². The molecule has 0 aliphatic rings. The fourth-order valence-electron chi connectivity index (χ4n) is 0. The molecule has 80 valence electrons. The molecule has 0 amide bonds. The topological polar surface area (TPSA) is 228 Å². The average molecular weight is 373 g/mol. The Morgan fingerprint density at radius 1 is 0.923 bits per heavy atom. The van der Waals surface area contributed by atoms with Crippen LogP contribution in [0.15, 0.2) is 0 Å². The van der Waals surface area contributed by atoms with Crippen molar-refractivity contribution in [2.75, 3.05) is 13.1 Å². The minimum Gasteiger partial charge on any atom is -0.870 e. The molecule has 0 radical (unpaired) electrons. The second-order valence-electron chi connectivity index (χ2n) is 0.700. The van der Waals surface area contributed by atoms with Gasteiger partial charge in [-0.15, -0.1) is 11.1 Å². The minimum atomic E-state index is 0. The molecule has 0 aromatic carbocycles. The summed E-state index contributed by atoms with van der Waals surface area (Å²) in [6.07, 6.45) is 0. The number of nitrogens with zero attached hydrogens (tertiary/aromatic N) is 4. The molecule has 0 aromatic heterocycles. The number of hydrogen-bond acceptors (Lipinski definition) is 4. The third-order valence-electron chi connectivity index (χ3n) is 0.125. The zero-order chi connectivity index (χ0) is 8.83. The van der Waals surface area contributed by atoms with Gasteiger partial charge in [-0.3, -0.25) is 0 Å². The molecule has 0 saturated carbocycles. The van der Waals surface area contributed by atoms with Crippen molar-refractivity contribution in [3.8, 4) is 0 Å². The van der Waals surface area contributed by atoms with E-state index in [1.165, 1.54) is 0 Å². The van der Waals surface area contributed by atoms with Gasteiger partial charge in [-0.1, -0.05) is 0 Å². The smallest absolute Gasteiger partial charge is 0.870 e. The summed E-state index contributed by atoms with van der Waals surface area (Å²) in [5, 5.41) is 0. The predicted octanol–water partition coefficient (Wildman–Crippen LogP) is 2.49. The molecule has 13 heavy (non-hydrogen) atoms. The monoisotopic (exact) mass is 373 g/mol. The summed E-state index contributed by atoms with van der Waals surface area (Å²) < 4.78 is 0. The summed E-state index contributed by atoms with van der Waals surface area (Å²) in [4.78, 5) is 3.50. The Balaban J connectivity index is -0.0000000128. The fourth-order valence-corrected chi connectivity index (χ4v) is 0. The van der Waals surface area contributed by atoms with Crippen LogP contribution in [0.5, 0.6) is 0 Å². The molecule has 0 atom stereocenters. The molecule has 10 nitrogen and oxygen atoms in total. The maximum atomic E-state index is 6.86. The van der Waals surface area contributed by atoms with Gasteiger partial charge in [0.1, 0.15) is 0 Å². The molecule has 0 aliphatic heterocycles. The molecule has 0 heterocycles. The SMILES string of the molecule is [N-]=[N+]=N.[N-]=[N+]=N.[NH-]CC[NH-].[OH-].[OH-].[Pt+4]. The third-order valence-corrected chi connectivity index (χ3v) is 0.125. The van der Waals surface area contributed by atoms with E-state index >= 15 is 0 Å². The Hall–Kier alpha value is -0.852. The first kappa shape index (κ1) is 39.9. The van der Waals surface area contributed by atoms with E-state index < -0.39 is 0 Å². The van der Waals surface area contributed by atoms with Crippen molar-refractivity contribution in [2.24, 2.45) is 0 Å². The van der Waals surface area contributed by atoms with Gasteiger partial charge in [0.15, 0.2) is 0 Å². The van der Waals surface area contributed by atoms with Gasteiger partial charge in [0.2, 0.25) is 0 Å². The van der Waals surface area contributed by atoms with Gasteiger partial charge in [0.05, 0.1) is 0 Å². The molecule has 0 fully saturated rings. The van der Waals surface area contributed by atoms with Gasteiger partial charge >= 0.3 is 21.1 Å². The number of hydrogen-bond donors (Lipinski definition) is 2. The second kappa shape index (κ2) is 116. The molecule has 0 unspecified atom stereocenters. The van der Waals surface area contributed by atoms with Gasteiger partial charge in [-0.2, -0.15) is 13.1 Å². The Morgan fingerprint density at radius 3 is 1.00 bits per heavy atom. The number of nitrogens with one attached hydrogen (secondary N) is 4. The summed E-state index contributed by atoms with van der Waals surface area (Å²) in [6, 6.07) is 0. The van der Waals surface area contributed by atoms with Crippen molar-refractivity contribution in [3.63, 3.8) is 0 Å². The van der Waals surface area contributed by atoms with Crippen LogP contribution < -0.4 is 0 Å². The van der Waals surface area contributed by atoms with E-state index in [1.54, 1.807) is 9.82 Å². The summed E-state index contributed by atoms with van der Waals surface area (Å²) in [6.45, 7) is 0.472. The van der Waals surface area contributed by atoms with E-state index in [9.17, 15) is 0 Å². The van der Waals surface area contributed by atoms with Gasteiger partial charge in [0, 0.05) is 0 Å². The van der Waals surface area contributed by atoms with Crippen molar-refractivity contribution in [1.29, 1.82) is 11.1 Å². The van der Waals surface area contributed by atoms with Crippen molar-refractivity contribution in [1.82, 2.24) is 0 Å². The zero-order valence-electron chi connectivity index (χ0n) is 6.41. The van der Waals surface area contributed by atoms with Gasteiger partial charge in [0.25, 0.3) is 0 Å². The largest absolute Gasteiger partial charge is 4.00 e. The van der Waals surface area contributed by atoms with E-state index in [1.807, 2.05) is 0 Å². The Kier molecular flexibility index (Phi) is 356. The minimum absolute atomic E-state index is 0. The summed E-state index contributed by atoms with van der Waals surface area (Å²) in [5.41, 5.74) is 37.0. The molecular formula is C2H10N8O2Pt. The summed E-state index contributed by atoms with van der Waals surface area (Å²) in [5.74, 6) is 0. The number of rotatable bonds is 1. The Labute approximate surface area is 89.0 Å². The second-order valence-corrected chi connectivity index (χ2v) is 0.700. The van der Waals surface area contributed by atoms with Crippen LogP contribution in [0.2, 0.25) is 0 Å². The Morgan fingerprint density at radius 2 is 1.00 bits per heavy atom. The van der Waals surface area contributed by atoms with Crippen molar-refractivity contribution in [2.45, 2.75) is 0 Å². The Bertz CT molecular complexity index is 92.7. The maximum absolute atomic E-state index is 6.86. The molecule has 0 saturated heterocycles. The quantitative estimate of drug-likeness (QED) is 0.401. The fraction of sp³-hybridized carbons (Fsp3) is 1.00. The first-order chi connectivity index (χ1) is 4.74. The van der Waals surface area contributed by atoms with Crippen molar-refractivity contribution < 1.29 is 32.0 Å². The van der Waals surface area contributed by atoms with Crippen molar-refractivity contribution >= 4 is 0 Å². The van der Waals surface area contributed by atoms with Crippen molar-refractivity contribution in [3.05, 3.63) is 32.4 Å². The molecule has 6 N–H and O–H groups in total. The standard InChI is InChI=1S/C2H6N2.2HN3.2H2O.Pt/c3-1-2-4;2*1-3-2;;;/h3-4H,1-2H2;2*1H;2*1H2;/q-2;;;;;+4/p-2. The molecule has 0 bridgehead atoms. The molecule has 11 heteroatoms. The van der Waals surface area contributed by atoms with E-state index in [2.05, 4.69) is 0 Å². The summed E-state index contributed by atoms with van der Waals surface area (Å²) in [7, 11) is 0. The van der Waals surface area contributed by atoms with Crippen LogP contribution in [0.25, 0.3) is 32.4 Å². The van der Waals surface area contributed by atoms with Crippen LogP contribution in [0.4, 0.5) is 0 Å². The average Bonchev–Trinajstić information content (AvgIpc) is 1.91. The van der Waals surface area contributed by atoms with Crippen LogP contribution >= 0.6 is 0 Å². The van der Waals surface area contributed by atoms with E-state index in [-0.39, 0.29) is 45.1 Å². The predicted molar refractivity (Wildman–Crippen MR) is 41.1 cm³/mol. The van der Waals surface area contributed by atoms with E-state index in [0.717, 1.165) is 0 Å². The molecule has 0 aromatic rings. The van der Waals surface area contributed by atoms with Crippen LogP contribution in [-0.4, -0.2) is 24.0 Å². The summed E-state index contributed by atoms with van der Waals surface area (Å²) >= 11 is 0. The normalized spacial score (nSPS) is 3.54. The molecule has 0 spiro atoms. The maximum Gasteiger partial charge on any atom is 4.00 e. The first-order valence-electron chi connectivity index (χ1n) is 2.05. The van der Waals surface area contributed by atoms with Crippen LogP contribution in [0, 0.1) is 11.1 Å². The zero-order valence-corrected chi connectivity index (χ0v) is 8.69. The van der Waals surface area contributed by atoms with Crippen LogP contribution in [-0.2, 0) is 21.1 Å².